The summed E-state index contributed by atoms with van der Waals surface area (Å²) in [6.45, 7) is 0. The number of hydrazine groups is 1. The van der Waals surface area contributed by atoms with Crippen molar-refractivity contribution >= 4 is 5.91 Å². The van der Waals surface area contributed by atoms with Gasteiger partial charge in [0.25, 0.3) is 5.91 Å². The average Bonchev–Trinajstić information content (AvgIpc) is 3.00. The third-order valence-electron chi connectivity index (χ3n) is 4.07. The molecule has 0 bridgehead atoms. The summed E-state index contributed by atoms with van der Waals surface area (Å²) >= 11 is 0. The number of carbonyl (C=O) groups excluding carboxylic acids is 1. The van der Waals surface area contributed by atoms with Crippen LogP contribution in [0.15, 0.2) is 54.4 Å². The zero-order valence-electron chi connectivity index (χ0n) is 12.6. The minimum Gasteiger partial charge on any atom is -0.303 e. The summed E-state index contributed by atoms with van der Waals surface area (Å²) in [6.07, 6.45) is 6.80. The summed E-state index contributed by atoms with van der Waals surface area (Å²) in [5.41, 5.74) is 8.75. The largest absolute Gasteiger partial charge is 0.303 e. The highest BCUT2D eigenvalue weighted by molar-refractivity contribution is 5.92. The van der Waals surface area contributed by atoms with Crippen molar-refractivity contribution in [2.24, 2.45) is 7.05 Å². The fraction of sp³-hybridized carbons (Fsp3) is 0.294. The van der Waals surface area contributed by atoms with Crippen LogP contribution in [0.2, 0.25) is 0 Å². The molecule has 1 aromatic heterocycles. The first kappa shape index (κ1) is 14.4. The maximum atomic E-state index is 12.0. The third kappa shape index (κ3) is 3.19. The van der Waals surface area contributed by atoms with Crippen molar-refractivity contribution in [3.05, 3.63) is 65.6 Å². The first-order valence-electron chi connectivity index (χ1n) is 7.52. The van der Waals surface area contributed by atoms with Crippen LogP contribution in [0.1, 0.15) is 41.2 Å². The number of rotatable bonds is 4. The zero-order valence-corrected chi connectivity index (χ0v) is 12.6. The molecule has 1 aromatic carbocycles. The highest BCUT2D eigenvalue weighted by Gasteiger charge is 2.17. The quantitative estimate of drug-likeness (QED) is 0.852. The van der Waals surface area contributed by atoms with Gasteiger partial charge in [-0.3, -0.25) is 14.9 Å². The Morgan fingerprint density at radius 2 is 2.09 bits per heavy atom. The molecule has 1 amide bonds. The van der Waals surface area contributed by atoms with E-state index in [1.165, 1.54) is 5.56 Å². The smallest absolute Gasteiger partial charge is 0.287 e. The monoisotopic (exact) mass is 296 g/mol. The number of allylic oxidation sites excluding steroid dienone is 2. The van der Waals surface area contributed by atoms with Crippen molar-refractivity contribution < 1.29 is 4.79 Å². The number of benzene rings is 1. The molecule has 5 nitrogen and oxygen atoms in total. The lowest BCUT2D eigenvalue weighted by Crippen LogP contribution is -2.38. The Labute approximate surface area is 130 Å². The molecule has 1 atom stereocenters. The summed E-state index contributed by atoms with van der Waals surface area (Å²) in [5, 5.41) is 3.99. The molecule has 5 heteroatoms. The van der Waals surface area contributed by atoms with Crippen molar-refractivity contribution in [2.45, 2.75) is 25.2 Å². The van der Waals surface area contributed by atoms with Crippen LogP contribution < -0.4 is 10.9 Å². The van der Waals surface area contributed by atoms with Gasteiger partial charge in [-0.15, -0.1) is 0 Å². The Kier molecular flexibility index (Phi) is 4.23. The highest BCUT2D eigenvalue weighted by Crippen LogP contribution is 2.30. The second-order valence-corrected chi connectivity index (χ2v) is 5.53. The van der Waals surface area contributed by atoms with Crippen LogP contribution >= 0.6 is 0 Å². The molecular weight excluding hydrogens is 276 g/mol. The van der Waals surface area contributed by atoms with Crippen molar-refractivity contribution in [2.75, 3.05) is 0 Å². The minimum absolute atomic E-state index is 0.175. The standard InChI is InChI=1S/C17H20N4O/c1-21-16(11-12-18-21)17(22)20-19-15-9-7-14(8-10-15)13-5-3-2-4-6-13/h2-6,9,11-12,14,19H,7-8,10H2,1H3,(H,20,22). The van der Waals surface area contributed by atoms with Gasteiger partial charge in [0.1, 0.15) is 5.69 Å². The number of aromatic nitrogens is 2. The number of amides is 1. The molecule has 114 valence electrons. The van der Waals surface area contributed by atoms with E-state index in [2.05, 4.69) is 46.3 Å². The van der Waals surface area contributed by atoms with Crippen LogP contribution in [-0.4, -0.2) is 15.7 Å². The molecule has 1 heterocycles. The summed E-state index contributed by atoms with van der Waals surface area (Å²) in [5.74, 6) is 0.394. The van der Waals surface area contributed by atoms with E-state index in [0.717, 1.165) is 25.0 Å². The van der Waals surface area contributed by atoms with E-state index >= 15 is 0 Å². The number of nitrogens with one attached hydrogen (secondary N) is 2. The lowest BCUT2D eigenvalue weighted by molar-refractivity contribution is 0.0928. The number of aryl methyl sites for hydroxylation is 1. The average molecular weight is 296 g/mol. The number of carbonyl (C=O) groups is 1. The predicted octanol–water partition coefficient (Wildman–Crippen LogP) is 2.51. The Morgan fingerprint density at radius 3 is 2.73 bits per heavy atom. The molecular formula is C17H20N4O. The molecule has 2 aromatic rings. The molecule has 1 aliphatic rings. The van der Waals surface area contributed by atoms with Crippen LogP contribution in [-0.2, 0) is 7.05 Å². The Morgan fingerprint density at radius 1 is 1.27 bits per heavy atom. The Hall–Kier alpha value is -2.56. The van der Waals surface area contributed by atoms with E-state index in [-0.39, 0.29) is 5.91 Å². The van der Waals surface area contributed by atoms with E-state index in [9.17, 15) is 4.79 Å². The van der Waals surface area contributed by atoms with Gasteiger partial charge in [-0.25, -0.2) is 0 Å². The minimum atomic E-state index is -0.175. The zero-order chi connectivity index (χ0) is 15.4. The van der Waals surface area contributed by atoms with Crippen molar-refractivity contribution in [3.63, 3.8) is 0 Å². The van der Waals surface area contributed by atoms with Gasteiger partial charge in [0.2, 0.25) is 0 Å². The van der Waals surface area contributed by atoms with Gasteiger partial charge in [0, 0.05) is 18.9 Å². The van der Waals surface area contributed by atoms with Crippen LogP contribution in [0.25, 0.3) is 0 Å². The van der Waals surface area contributed by atoms with Crippen LogP contribution in [0.5, 0.6) is 0 Å². The van der Waals surface area contributed by atoms with E-state index in [0.29, 0.717) is 11.6 Å². The van der Waals surface area contributed by atoms with Gasteiger partial charge in [-0.05, 0) is 36.8 Å². The lowest BCUT2D eigenvalue weighted by Gasteiger charge is -2.23. The maximum Gasteiger partial charge on any atom is 0.287 e. The molecule has 2 N–H and O–H groups in total. The molecule has 0 saturated carbocycles. The highest BCUT2D eigenvalue weighted by atomic mass is 16.2. The number of nitrogens with zero attached hydrogens (tertiary/aromatic N) is 2. The molecule has 3 rings (SSSR count). The second-order valence-electron chi connectivity index (χ2n) is 5.53. The van der Waals surface area contributed by atoms with E-state index in [1.807, 2.05) is 6.07 Å². The predicted molar refractivity (Wildman–Crippen MR) is 84.9 cm³/mol. The van der Waals surface area contributed by atoms with E-state index in [1.54, 1.807) is 24.0 Å². The van der Waals surface area contributed by atoms with Gasteiger partial charge < -0.3 is 5.43 Å². The maximum absolute atomic E-state index is 12.0. The van der Waals surface area contributed by atoms with E-state index < -0.39 is 0 Å². The fourth-order valence-electron chi connectivity index (χ4n) is 2.77. The second kappa shape index (κ2) is 6.47. The van der Waals surface area contributed by atoms with Crippen LogP contribution in [0.3, 0.4) is 0 Å². The Balaban J connectivity index is 1.54. The van der Waals surface area contributed by atoms with Crippen molar-refractivity contribution in [1.29, 1.82) is 0 Å². The van der Waals surface area contributed by atoms with Gasteiger partial charge in [0.15, 0.2) is 0 Å². The number of hydrogen-bond donors (Lipinski definition) is 2. The Bertz CT molecular complexity index is 675. The summed E-state index contributed by atoms with van der Waals surface area (Å²) in [7, 11) is 1.75. The molecule has 1 aliphatic carbocycles. The van der Waals surface area contributed by atoms with Crippen LogP contribution in [0.4, 0.5) is 0 Å². The van der Waals surface area contributed by atoms with Crippen molar-refractivity contribution in [1.82, 2.24) is 20.6 Å². The fourth-order valence-corrected chi connectivity index (χ4v) is 2.77. The van der Waals surface area contributed by atoms with Gasteiger partial charge in [0.05, 0.1) is 0 Å². The first-order valence-corrected chi connectivity index (χ1v) is 7.52. The lowest BCUT2D eigenvalue weighted by atomic mass is 9.87. The van der Waals surface area contributed by atoms with Gasteiger partial charge in [-0.1, -0.05) is 36.4 Å². The molecule has 22 heavy (non-hydrogen) atoms. The molecule has 0 fully saturated rings. The SMILES string of the molecule is Cn1nccc1C(=O)NNC1=CCC(c2ccccc2)CC1. The van der Waals surface area contributed by atoms with Gasteiger partial charge >= 0.3 is 0 Å². The normalized spacial score (nSPS) is 17.7. The molecule has 0 spiro atoms. The number of hydrogen-bond acceptors (Lipinski definition) is 3. The van der Waals surface area contributed by atoms with Crippen molar-refractivity contribution in [3.8, 4) is 0 Å². The van der Waals surface area contributed by atoms with Gasteiger partial charge in [-0.2, -0.15) is 5.10 Å². The summed E-state index contributed by atoms with van der Waals surface area (Å²) in [6, 6.07) is 12.3. The first-order chi connectivity index (χ1) is 10.7. The molecule has 0 saturated heterocycles. The summed E-state index contributed by atoms with van der Waals surface area (Å²) < 4.78 is 1.55. The third-order valence-corrected chi connectivity index (χ3v) is 4.07. The van der Waals surface area contributed by atoms with Crippen LogP contribution in [0, 0.1) is 0 Å². The van der Waals surface area contributed by atoms with E-state index in [4.69, 9.17) is 0 Å². The molecule has 0 radical (unpaired) electrons. The molecule has 0 aliphatic heterocycles. The molecule has 1 unspecified atom stereocenters. The summed E-state index contributed by atoms with van der Waals surface area (Å²) in [4.78, 5) is 12.0. The topological polar surface area (TPSA) is 59.0 Å².